The van der Waals surface area contributed by atoms with Gasteiger partial charge in [0, 0.05) is 6.42 Å². The molecule has 0 aromatic rings. The Balaban J connectivity index is 4.25. The minimum absolute atomic E-state index is 0.0322. The van der Waals surface area contributed by atoms with E-state index in [1.807, 2.05) is 0 Å². The van der Waals surface area contributed by atoms with Gasteiger partial charge in [0.05, 0.1) is 0 Å². The number of carbonyl (C=O) groups is 2. The summed E-state index contributed by atoms with van der Waals surface area (Å²) in [4.78, 5) is 22.3. The zero-order chi connectivity index (χ0) is 11.4. The average molecular weight is 201 g/mol. The smallest absolute Gasteiger partial charge is 0.324 e. The highest BCUT2D eigenvalue weighted by Crippen LogP contribution is 2.09. The molecule has 0 aromatic carbocycles. The molecule has 0 aromatic heterocycles. The largest absolute Gasteiger partial charge is 0.459 e. The van der Waals surface area contributed by atoms with Crippen molar-refractivity contribution >= 4 is 11.8 Å². The predicted molar refractivity (Wildman–Crippen MR) is 54.0 cm³/mol. The lowest BCUT2D eigenvalue weighted by molar-refractivity contribution is -0.158. The second-order valence-corrected chi connectivity index (χ2v) is 4.28. The number of rotatable bonds is 4. The Kier molecular flexibility index (Phi) is 4.77. The van der Waals surface area contributed by atoms with Crippen LogP contribution in [0.5, 0.6) is 0 Å². The van der Waals surface area contributed by atoms with Gasteiger partial charge < -0.3 is 10.1 Å². The van der Waals surface area contributed by atoms with Gasteiger partial charge in [-0.25, -0.2) is 0 Å². The summed E-state index contributed by atoms with van der Waals surface area (Å²) in [6.07, 6.45) is 0.172. The van der Waals surface area contributed by atoms with Crippen LogP contribution < -0.4 is 5.32 Å². The van der Waals surface area contributed by atoms with Gasteiger partial charge in [0.15, 0.2) is 0 Å². The Labute approximate surface area is 85.0 Å². The molecule has 0 saturated carbocycles. The van der Waals surface area contributed by atoms with Crippen molar-refractivity contribution in [1.82, 2.24) is 5.32 Å². The quantitative estimate of drug-likeness (QED) is 0.686. The molecule has 0 aliphatic heterocycles. The molecule has 4 nitrogen and oxygen atoms in total. The van der Waals surface area contributed by atoms with E-state index in [9.17, 15) is 9.59 Å². The number of esters is 1. The fourth-order valence-corrected chi connectivity index (χ4v) is 0.964. The summed E-state index contributed by atoms with van der Waals surface area (Å²) >= 11 is 0. The lowest BCUT2D eigenvalue weighted by Gasteiger charge is -2.23. The van der Waals surface area contributed by atoms with Crippen molar-refractivity contribution in [3.05, 3.63) is 0 Å². The highest BCUT2D eigenvalue weighted by atomic mass is 16.6. The Bertz CT molecular complexity index is 218. The predicted octanol–water partition coefficient (Wildman–Crippen LogP) is 0.895. The van der Waals surface area contributed by atoms with Crippen LogP contribution in [0.2, 0.25) is 0 Å². The van der Waals surface area contributed by atoms with Gasteiger partial charge in [0.25, 0.3) is 0 Å². The molecule has 0 rings (SSSR count). The lowest BCUT2D eigenvalue weighted by Crippen LogP contribution is -2.40. The lowest BCUT2D eigenvalue weighted by atomic mass is 10.1. The van der Waals surface area contributed by atoms with Crippen LogP contribution in [0, 0.1) is 0 Å². The molecular weight excluding hydrogens is 182 g/mol. The maximum atomic E-state index is 11.5. The van der Waals surface area contributed by atoms with Gasteiger partial charge in [-0.15, -0.1) is 0 Å². The van der Waals surface area contributed by atoms with Crippen LogP contribution >= 0.6 is 0 Å². The molecule has 4 heteroatoms. The van der Waals surface area contributed by atoms with Gasteiger partial charge in [-0.3, -0.25) is 9.59 Å². The molecule has 0 aliphatic carbocycles. The summed E-state index contributed by atoms with van der Waals surface area (Å²) < 4.78 is 5.14. The van der Waals surface area contributed by atoms with Crippen LogP contribution in [-0.4, -0.2) is 30.4 Å². The molecule has 1 atom stereocenters. The summed E-state index contributed by atoms with van der Waals surface area (Å²) in [5.41, 5.74) is -0.511. The van der Waals surface area contributed by atoms with Crippen molar-refractivity contribution in [2.75, 3.05) is 7.05 Å². The van der Waals surface area contributed by atoms with Crippen LogP contribution in [0.4, 0.5) is 0 Å². The van der Waals surface area contributed by atoms with E-state index >= 15 is 0 Å². The molecule has 82 valence electrons. The Morgan fingerprint density at radius 3 is 2.14 bits per heavy atom. The van der Waals surface area contributed by atoms with Crippen molar-refractivity contribution < 1.29 is 14.3 Å². The van der Waals surface area contributed by atoms with Crippen molar-refractivity contribution in [2.45, 2.75) is 45.8 Å². The second-order valence-electron chi connectivity index (χ2n) is 4.28. The number of ether oxygens (including phenoxy) is 1. The number of hydrogen-bond donors (Lipinski definition) is 1. The highest BCUT2D eigenvalue weighted by Gasteiger charge is 2.24. The Hall–Kier alpha value is -0.900. The number of Topliss-reactive ketones (excluding diaryl/α,β-unsaturated/α-hetero) is 1. The summed E-state index contributed by atoms with van der Waals surface area (Å²) in [5, 5.41) is 2.76. The number of carbonyl (C=O) groups excluding carboxylic acids is 2. The first kappa shape index (κ1) is 13.1. The average Bonchev–Trinajstić information content (AvgIpc) is 1.96. The zero-order valence-corrected chi connectivity index (χ0v) is 9.51. The minimum Gasteiger partial charge on any atom is -0.459 e. The third-order valence-corrected chi connectivity index (χ3v) is 1.53. The van der Waals surface area contributed by atoms with Gasteiger partial charge in [0.1, 0.15) is 17.4 Å². The molecule has 0 fully saturated rings. The topological polar surface area (TPSA) is 55.4 Å². The van der Waals surface area contributed by atoms with Crippen molar-refractivity contribution in [3.8, 4) is 0 Å². The van der Waals surface area contributed by atoms with Gasteiger partial charge in [-0.2, -0.15) is 0 Å². The molecule has 0 bridgehead atoms. The highest BCUT2D eigenvalue weighted by molar-refractivity contribution is 5.85. The van der Waals surface area contributed by atoms with Crippen LogP contribution in [0.25, 0.3) is 0 Å². The van der Waals surface area contributed by atoms with Crippen LogP contribution in [0.15, 0.2) is 0 Å². The second kappa shape index (κ2) is 5.10. The van der Waals surface area contributed by atoms with Gasteiger partial charge in [0.2, 0.25) is 0 Å². The van der Waals surface area contributed by atoms with Crippen LogP contribution in [0.1, 0.15) is 34.1 Å². The maximum absolute atomic E-state index is 11.5. The molecule has 0 unspecified atom stereocenters. The first-order valence-corrected chi connectivity index (χ1v) is 4.66. The van der Waals surface area contributed by atoms with Crippen molar-refractivity contribution in [2.24, 2.45) is 0 Å². The molecule has 0 saturated heterocycles. The standard InChI is InChI=1S/C10H19NO3/c1-7(12)6-8(11-5)9(13)14-10(2,3)4/h8,11H,6H2,1-5H3/t8-/m0/s1. The van der Waals surface area contributed by atoms with Gasteiger partial charge >= 0.3 is 5.97 Å². The van der Waals surface area contributed by atoms with Gasteiger partial charge in [-0.1, -0.05) is 0 Å². The first-order chi connectivity index (χ1) is 6.26. The summed E-state index contributed by atoms with van der Waals surface area (Å²) in [6, 6.07) is -0.535. The minimum atomic E-state index is -0.535. The molecule has 1 N–H and O–H groups in total. The molecule has 14 heavy (non-hydrogen) atoms. The summed E-state index contributed by atoms with van der Waals surface area (Å²) in [7, 11) is 1.64. The van der Waals surface area contributed by atoms with E-state index in [1.54, 1.807) is 27.8 Å². The molecule has 0 amide bonds. The van der Waals surface area contributed by atoms with Gasteiger partial charge in [-0.05, 0) is 34.7 Å². The van der Waals surface area contributed by atoms with Crippen LogP contribution in [0.3, 0.4) is 0 Å². The molecule has 0 heterocycles. The van der Waals surface area contributed by atoms with E-state index in [4.69, 9.17) is 4.74 Å². The van der Waals surface area contributed by atoms with E-state index < -0.39 is 11.6 Å². The first-order valence-electron chi connectivity index (χ1n) is 4.66. The SMILES string of the molecule is CN[C@@H](CC(C)=O)C(=O)OC(C)(C)C. The molecule has 0 spiro atoms. The third-order valence-electron chi connectivity index (χ3n) is 1.53. The molecule has 0 radical (unpaired) electrons. The van der Waals surface area contributed by atoms with E-state index in [0.717, 1.165) is 0 Å². The summed E-state index contributed by atoms with van der Waals surface area (Å²) in [6.45, 7) is 6.84. The summed E-state index contributed by atoms with van der Waals surface area (Å²) in [5.74, 6) is -0.412. The van der Waals surface area contributed by atoms with E-state index in [1.165, 1.54) is 6.92 Å². The Morgan fingerprint density at radius 2 is 1.86 bits per heavy atom. The van der Waals surface area contributed by atoms with Crippen molar-refractivity contribution in [3.63, 3.8) is 0 Å². The molecular formula is C10H19NO3. The van der Waals surface area contributed by atoms with E-state index in [-0.39, 0.29) is 18.2 Å². The van der Waals surface area contributed by atoms with Crippen LogP contribution in [-0.2, 0) is 14.3 Å². The van der Waals surface area contributed by atoms with E-state index in [2.05, 4.69) is 5.32 Å². The third kappa shape index (κ3) is 5.70. The number of nitrogens with one attached hydrogen (secondary N) is 1. The monoisotopic (exact) mass is 201 g/mol. The van der Waals surface area contributed by atoms with Crippen molar-refractivity contribution in [1.29, 1.82) is 0 Å². The Morgan fingerprint density at radius 1 is 1.36 bits per heavy atom. The number of likely N-dealkylation sites (N-methyl/N-ethyl adjacent to an activating group) is 1. The molecule has 0 aliphatic rings. The fraction of sp³-hybridized carbons (Fsp3) is 0.800. The number of hydrogen-bond acceptors (Lipinski definition) is 4. The number of ketones is 1. The zero-order valence-electron chi connectivity index (χ0n) is 9.51. The fourth-order valence-electron chi connectivity index (χ4n) is 0.964. The van der Waals surface area contributed by atoms with E-state index in [0.29, 0.717) is 0 Å². The maximum Gasteiger partial charge on any atom is 0.324 e. The normalized spacial score (nSPS) is 13.5.